The van der Waals surface area contributed by atoms with E-state index in [4.69, 9.17) is 10.2 Å². The number of nitrogens with two attached hydrogens (primary N) is 1. The second kappa shape index (κ2) is 5.17. The van der Waals surface area contributed by atoms with Crippen molar-refractivity contribution in [2.24, 2.45) is 5.92 Å². The number of hydrogen-bond acceptors (Lipinski definition) is 4. The Kier molecular flexibility index (Phi) is 3.32. The molecule has 1 aliphatic carbocycles. The molecule has 0 amide bonds. The molecule has 1 saturated carbocycles. The van der Waals surface area contributed by atoms with E-state index in [9.17, 15) is 18.7 Å². The van der Waals surface area contributed by atoms with E-state index in [2.05, 4.69) is 4.98 Å². The lowest BCUT2D eigenvalue weighted by Crippen LogP contribution is -2.09. The molecule has 3 aromatic rings. The van der Waals surface area contributed by atoms with Gasteiger partial charge in [-0.3, -0.25) is 4.57 Å². The van der Waals surface area contributed by atoms with Gasteiger partial charge in [0.2, 0.25) is 5.50 Å². The number of halogens is 1. The highest BCUT2D eigenvalue weighted by atomic mass is 31.2. The van der Waals surface area contributed by atoms with Crippen LogP contribution in [0.1, 0.15) is 12.8 Å². The van der Waals surface area contributed by atoms with Crippen LogP contribution >= 0.6 is 7.60 Å². The van der Waals surface area contributed by atoms with Gasteiger partial charge in [-0.05, 0) is 37.0 Å². The Morgan fingerprint density at radius 1 is 1.38 bits per heavy atom. The van der Waals surface area contributed by atoms with Crippen LogP contribution in [0.5, 0.6) is 0 Å². The number of anilines is 1. The zero-order chi connectivity index (χ0) is 17.1. The summed E-state index contributed by atoms with van der Waals surface area (Å²) in [6, 6.07) is 4.30. The maximum Gasteiger partial charge on any atom is 0.391 e. The van der Waals surface area contributed by atoms with E-state index in [0.29, 0.717) is 23.8 Å². The van der Waals surface area contributed by atoms with Crippen molar-refractivity contribution in [3.05, 3.63) is 30.3 Å². The monoisotopic (exact) mass is 351 g/mol. The van der Waals surface area contributed by atoms with Crippen molar-refractivity contribution >= 4 is 29.8 Å². The van der Waals surface area contributed by atoms with Gasteiger partial charge in [-0.15, -0.1) is 0 Å². The number of aromatic nitrogens is 2. The Morgan fingerprint density at radius 2 is 2.12 bits per heavy atom. The van der Waals surface area contributed by atoms with Crippen molar-refractivity contribution in [2.75, 3.05) is 5.73 Å². The fourth-order valence-electron chi connectivity index (χ4n) is 2.83. The molecular weight excluding hydrogens is 336 g/mol. The first-order valence-corrected chi connectivity index (χ1v) is 9.05. The van der Waals surface area contributed by atoms with Gasteiger partial charge in [0.05, 0.1) is 23.0 Å². The molecule has 9 heteroatoms. The van der Waals surface area contributed by atoms with Crippen molar-refractivity contribution in [3.8, 4) is 11.4 Å². The Hall–Kier alpha value is -2.15. The van der Waals surface area contributed by atoms with Crippen LogP contribution in [0.4, 0.5) is 10.1 Å². The SMILES string of the molecule is Nc1c(F)ccc2c1nc(-c1ccoc1P(=O)(O)O)n2CC1CC1. The minimum absolute atomic E-state index is 0.0791. The minimum Gasteiger partial charge on any atom is -0.456 e. The maximum atomic E-state index is 13.8. The fourth-order valence-corrected chi connectivity index (χ4v) is 3.52. The summed E-state index contributed by atoms with van der Waals surface area (Å²) in [5.41, 5.74) is 6.38. The molecule has 4 N–H and O–H groups in total. The molecule has 24 heavy (non-hydrogen) atoms. The molecule has 2 heterocycles. The smallest absolute Gasteiger partial charge is 0.391 e. The van der Waals surface area contributed by atoms with Gasteiger partial charge in [-0.25, -0.2) is 9.37 Å². The number of benzene rings is 1. The lowest BCUT2D eigenvalue weighted by molar-refractivity contribution is 0.376. The molecule has 4 rings (SSSR count). The third-order valence-electron chi connectivity index (χ3n) is 4.19. The second-order valence-electron chi connectivity index (χ2n) is 6.00. The van der Waals surface area contributed by atoms with Crippen LogP contribution in [0, 0.1) is 11.7 Å². The van der Waals surface area contributed by atoms with E-state index in [-0.39, 0.29) is 16.8 Å². The summed E-state index contributed by atoms with van der Waals surface area (Å²) in [7, 11) is -4.60. The maximum absolute atomic E-state index is 13.8. The first-order chi connectivity index (χ1) is 11.4. The molecule has 0 bridgehead atoms. The molecule has 7 nitrogen and oxygen atoms in total. The van der Waals surface area contributed by atoms with Gasteiger partial charge in [-0.2, -0.15) is 0 Å². The van der Waals surface area contributed by atoms with Crippen LogP contribution in [0.2, 0.25) is 0 Å². The molecule has 0 radical (unpaired) electrons. The van der Waals surface area contributed by atoms with Gasteiger partial charge >= 0.3 is 7.60 Å². The van der Waals surface area contributed by atoms with E-state index in [1.807, 2.05) is 4.57 Å². The molecule has 0 unspecified atom stereocenters. The number of fused-ring (bicyclic) bond motifs is 1. The average molecular weight is 351 g/mol. The summed E-state index contributed by atoms with van der Waals surface area (Å²) in [6.07, 6.45) is 3.35. The van der Waals surface area contributed by atoms with Crippen LogP contribution in [0.25, 0.3) is 22.4 Å². The zero-order valence-electron chi connectivity index (χ0n) is 12.5. The lowest BCUT2D eigenvalue weighted by atomic mass is 10.2. The Bertz CT molecular complexity index is 986. The third kappa shape index (κ3) is 2.43. The minimum atomic E-state index is -4.60. The van der Waals surface area contributed by atoms with Crippen LogP contribution in [0.3, 0.4) is 0 Å². The highest BCUT2D eigenvalue weighted by Crippen LogP contribution is 2.40. The van der Waals surface area contributed by atoms with E-state index in [0.717, 1.165) is 12.8 Å². The molecule has 0 atom stereocenters. The number of rotatable bonds is 4. The zero-order valence-corrected chi connectivity index (χ0v) is 13.4. The van der Waals surface area contributed by atoms with Crippen LogP contribution < -0.4 is 11.2 Å². The van der Waals surface area contributed by atoms with E-state index < -0.39 is 18.9 Å². The van der Waals surface area contributed by atoms with Gasteiger partial charge in [-0.1, -0.05) is 0 Å². The summed E-state index contributed by atoms with van der Waals surface area (Å²) in [4.78, 5) is 23.3. The van der Waals surface area contributed by atoms with Crippen molar-refractivity contribution in [1.29, 1.82) is 0 Å². The summed E-state index contributed by atoms with van der Waals surface area (Å²) in [6.45, 7) is 0.628. The molecule has 1 aliphatic rings. The summed E-state index contributed by atoms with van der Waals surface area (Å²) < 4.78 is 32.2. The first kappa shape index (κ1) is 15.4. The van der Waals surface area contributed by atoms with Gasteiger partial charge in [0.1, 0.15) is 17.2 Å². The van der Waals surface area contributed by atoms with E-state index in [1.165, 1.54) is 18.4 Å². The Morgan fingerprint density at radius 3 is 2.79 bits per heavy atom. The molecule has 1 fully saturated rings. The van der Waals surface area contributed by atoms with Crippen molar-refractivity contribution < 1.29 is 23.2 Å². The molecule has 0 aliphatic heterocycles. The van der Waals surface area contributed by atoms with E-state index in [1.54, 1.807) is 6.07 Å². The molecule has 0 spiro atoms. The number of hydrogen-bond donors (Lipinski definition) is 3. The van der Waals surface area contributed by atoms with Gasteiger partial charge in [0.25, 0.3) is 0 Å². The average Bonchev–Trinajstić information content (AvgIpc) is 3.05. The molecule has 2 aromatic heterocycles. The lowest BCUT2D eigenvalue weighted by Gasteiger charge is -2.09. The predicted octanol–water partition coefficient (Wildman–Crippen LogP) is 2.23. The first-order valence-electron chi connectivity index (χ1n) is 7.44. The highest BCUT2D eigenvalue weighted by molar-refractivity contribution is 7.60. The van der Waals surface area contributed by atoms with Gasteiger partial charge in [0.15, 0.2) is 0 Å². The predicted molar refractivity (Wildman–Crippen MR) is 86.2 cm³/mol. The largest absolute Gasteiger partial charge is 0.456 e. The van der Waals surface area contributed by atoms with Gasteiger partial charge in [0, 0.05) is 6.54 Å². The second-order valence-corrected chi connectivity index (χ2v) is 7.50. The molecule has 0 saturated heterocycles. The number of nitrogens with zero attached hydrogens (tertiary/aromatic N) is 2. The summed E-state index contributed by atoms with van der Waals surface area (Å²) >= 11 is 0. The number of furan rings is 1. The Balaban J connectivity index is 1.99. The topological polar surface area (TPSA) is 115 Å². The van der Waals surface area contributed by atoms with Crippen molar-refractivity contribution in [2.45, 2.75) is 19.4 Å². The van der Waals surface area contributed by atoms with Crippen molar-refractivity contribution in [3.63, 3.8) is 0 Å². The number of nitrogen functional groups attached to an aromatic ring is 1. The number of imidazole rings is 1. The van der Waals surface area contributed by atoms with Gasteiger partial charge < -0.3 is 24.5 Å². The quantitative estimate of drug-likeness (QED) is 0.490. The van der Waals surface area contributed by atoms with Crippen molar-refractivity contribution in [1.82, 2.24) is 9.55 Å². The van der Waals surface area contributed by atoms with Crippen LogP contribution in [-0.2, 0) is 11.1 Å². The molecule has 126 valence electrons. The Labute approximate surface area is 136 Å². The van der Waals surface area contributed by atoms with Crippen LogP contribution in [-0.4, -0.2) is 19.3 Å². The summed E-state index contributed by atoms with van der Waals surface area (Å²) in [5, 5.41) is 0. The highest BCUT2D eigenvalue weighted by Gasteiger charge is 2.31. The molecule has 1 aromatic carbocycles. The standard InChI is InChI=1S/C15H15FN3O4P/c16-10-3-4-11-13(12(10)17)18-14(19(11)7-8-1-2-8)9-5-6-23-15(9)24(20,21)22/h3-6,8H,1-2,7,17H2,(H2,20,21,22). The normalized spacial score (nSPS) is 15.3. The summed E-state index contributed by atoms with van der Waals surface area (Å²) in [5.74, 6) is 0.214. The van der Waals surface area contributed by atoms with Crippen LogP contribution in [0.15, 0.2) is 28.9 Å². The third-order valence-corrected chi connectivity index (χ3v) is 5.07. The fraction of sp³-hybridized carbons (Fsp3) is 0.267. The van der Waals surface area contributed by atoms with E-state index >= 15 is 0 Å². The molecular formula is C15H15FN3O4P.